The quantitative estimate of drug-likeness (QED) is 0.743. The third kappa shape index (κ3) is 3.93. The Bertz CT molecular complexity index is 261. The first-order valence-electron chi connectivity index (χ1n) is 8.26. The van der Waals surface area contributed by atoms with Gasteiger partial charge in [-0.3, -0.25) is 0 Å². The molecule has 2 unspecified atom stereocenters. The molecule has 2 atom stereocenters. The summed E-state index contributed by atoms with van der Waals surface area (Å²) in [6.07, 6.45) is 9.38. The predicted molar refractivity (Wildman–Crippen MR) is 80.3 cm³/mol. The van der Waals surface area contributed by atoms with E-state index in [0.717, 1.165) is 12.5 Å². The molecule has 112 valence electrons. The second-order valence-electron chi connectivity index (χ2n) is 6.70. The van der Waals surface area contributed by atoms with E-state index in [4.69, 9.17) is 0 Å². The first-order valence-corrected chi connectivity index (χ1v) is 8.26. The Morgan fingerprint density at radius 1 is 1.21 bits per heavy atom. The van der Waals surface area contributed by atoms with Crippen LogP contribution in [0.1, 0.15) is 51.9 Å². The van der Waals surface area contributed by atoms with Gasteiger partial charge in [0.1, 0.15) is 0 Å². The molecule has 1 aliphatic carbocycles. The SMILES string of the molecule is CCCC1CCCN(CC(CO)(NC)C2CC2)CC1. The van der Waals surface area contributed by atoms with Crippen LogP contribution in [0.15, 0.2) is 0 Å². The summed E-state index contributed by atoms with van der Waals surface area (Å²) in [4.78, 5) is 2.60. The Balaban J connectivity index is 1.87. The van der Waals surface area contributed by atoms with Crippen LogP contribution in [0.3, 0.4) is 0 Å². The fraction of sp³-hybridized carbons (Fsp3) is 1.00. The van der Waals surface area contributed by atoms with Crippen molar-refractivity contribution in [2.75, 3.05) is 33.3 Å². The molecule has 3 nitrogen and oxygen atoms in total. The highest BCUT2D eigenvalue weighted by Crippen LogP contribution is 2.40. The van der Waals surface area contributed by atoms with Crippen molar-refractivity contribution in [1.82, 2.24) is 10.2 Å². The predicted octanol–water partition coefficient (Wildman–Crippen LogP) is 2.25. The maximum absolute atomic E-state index is 9.83. The molecule has 0 bridgehead atoms. The molecule has 2 rings (SSSR count). The van der Waals surface area contributed by atoms with E-state index in [-0.39, 0.29) is 12.1 Å². The van der Waals surface area contributed by atoms with Crippen LogP contribution in [0.4, 0.5) is 0 Å². The molecule has 3 heteroatoms. The van der Waals surface area contributed by atoms with Gasteiger partial charge in [-0.25, -0.2) is 0 Å². The number of hydrogen-bond acceptors (Lipinski definition) is 3. The molecule has 0 radical (unpaired) electrons. The van der Waals surface area contributed by atoms with Crippen molar-refractivity contribution in [3.8, 4) is 0 Å². The van der Waals surface area contributed by atoms with Crippen molar-refractivity contribution in [2.24, 2.45) is 11.8 Å². The fourth-order valence-corrected chi connectivity index (χ4v) is 3.79. The summed E-state index contributed by atoms with van der Waals surface area (Å²) in [5.41, 5.74) is -0.0371. The summed E-state index contributed by atoms with van der Waals surface area (Å²) in [5, 5.41) is 13.3. The van der Waals surface area contributed by atoms with E-state index in [1.54, 1.807) is 0 Å². The topological polar surface area (TPSA) is 35.5 Å². The van der Waals surface area contributed by atoms with Gasteiger partial charge in [0.25, 0.3) is 0 Å². The zero-order valence-electron chi connectivity index (χ0n) is 12.8. The van der Waals surface area contributed by atoms with Gasteiger partial charge in [-0.15, -0.1) is 0 Å². The third-order valence-corrected chi connectivity index (χ3v) is 5.28. The minimum absolute atomic E-state index is 0.0371. The van der Waals surface area contributed by atoms with Crippen LogP contribution in [0, 0.1) is 11.8 Å². The van der Waals surface area contributed by atoms with Crippen molar-refractivity contribution in [2.45, 2.75) is 57.4 Å². The van der Waals surface area contributed by atoms with Gasteiger partial charge in [-0.05, 0) is 64.1 Å². The highest BCUT2D eigenvalue weighted by Gasteiger charge is 2.44. The lowest BCUT2D eigenvalue weighted by atomic mass is 9.93. The van der Waals surface area contributed by atoms with Crippen molar-refractivity contribution >= 4 is 0 Å². The molecule has 0 amide bonds. The molecular formula is C16H32N2O. The zero-order chi connectivity index (χ0) is 13.7. The lowest BCUT2D eigenvalue weighted by Crippen LogP contribution is -2.56. The largest absolute Gasteiger partial charge is 0.394 e. The number of rotatable bonds is 7. The number of nitrogens with one attached hydrogen (secondary N) is 1. The molecule has 0 aromatic carbocycles. The monoisotopic (exact) mass is 268 g/mol. The van der Waals surface area contributed by atoms with Gasteiger partial charge >= 0.3 is 0 Å². The van der Waals surface area contributed by atoms with Gasteiger partial charge < -0.3 is 15.3 Å². The van der Waals surface area contributed by atoms with E-state index in [2.05, 4.69) is 17.1 Å². The summed E-state index contributed by atoms with van der Waals surface area (Å²) >= 11 is 0. The highest BCUT2D eigenvalue weighted by molar-refractivity contribution is 5.02. The minimum Gasteiger partial charge on any atom is -0.394 e. The molecule has 2 aliphatic rings. The molecule has 0 aromatic heterocycles. The molecule has 2 N–H and O–H groups in total. The summed E-state index contributed by atoms with van der Waals surface area (Å²) < 4.78 is 0. The normalized spacial score (nSPS) is 28.9. The van der Waals surface area contributed by atoms with Gasteiger partial charge in [-0.2, -0.15) is 0 Å². The van der Waals surface area contributed by atoms with Crippen LogP contribution in [0.25, 0.3) is 0 Å². The molecule has 0 aromatic rings. The van der Waals surface area contributed by atoms with Crippen LogP contribution in [-0.4, -0.2) is 48.8 Å². The maximum Gasteiger partial charge on any atom is 0.0628 e. The van der Waals surface area contributed by atoms with E-state index >= 15 is 0 Å². The van der Waals surface area contributed by atoms with E-state index in [0.29, 0.717) is 5.92 Å². The van der Waals surface area contributed by atoms with E-state index < -0.39 is 0 Å². The van der Waals surface area contributed by atoms with Crippen molar-refractivity contribution < 1.29 is 5.11 Å². The summed E-state index contributed by atoms with van der Waals surface area (Å²) in [6.45, 7) is 6.05. The molecule has 1 saturated heterocycles. The van der Waals surface area contributed by atoms with Gasteiger partial charge in [0, 0.05) is 6.54 Å². The Morgan fingerprint density at radius 2 is 2.00 bits per heavy atom. The third-order valence-electron chi connectivity index (χ3n) is 5.28. The molecule has 19 heavy (non-hydrogen) atoms. The lowest BCUT2D eigenvalue weighted by Gasteiger charge is -2.37. The van der Waals surface area contributed by atoms with Crippen LogP contribution < -0.4 is 5.32 Å². The molecule has 1 heterocycles. The van der Waals surface area contributed by atoms with Gasteiger partial charge in [-0.1, -0.05) is 19.8 Å². The average Bonchev–Trinajstić information content (AvgIpc) is 3.25. The van der Waals surface area contributed by atoms with Crippen LogP contribution >= 0.6 is 0 Å². The lowest BCUT2D eigenvalue weighted by molar-refractivity contribution is 0.0976. The fourth-order valence-electron chi connectivity index (χ4n) is 3.79. The van der Waals surface area contributed by atoms with Crippen LogP contribution in [-0.2, 0) is 0 Å². The highest BCUT2D eigenvalue weighted by atomic mass is 16.3. The second-order valence-corrected chi connectivity index (χ2v) is 6.70. The molecule has 1 aliphatic heterocycles. The molecule has 1 saturated carbocycles. The number of likely N-dealkylation sites (tertiary alicyclic amines) is 1. The van der Waals surface area contributed by atoms with E-state index in [1.807, 2.05) is 7.05 Å². The van der Waals surface area contributed by atoms with E-state index in [1.165, 1.54) is 58.0 Å². The molecule has 0 spiro atoms. The zero-order valence-corrected chi connectivity index (χ0v) is 12.8. The minimum atomic E-state index is -0.0371. The van der Waals surface area contributed by atoms with Crippen LogP contribution in [0.5, 0.6) is 0 Å². The number of nitrogens with zero attached hydrogens (tertiary/aromatic N) is 1. The van der Waals surface area contributed by atoms with Gasteiger partial charge in [0.15, 0.2) is 0 Å². The Kier molecular flexibility index (Phi) is 5.67. The number of hydrogen-bond donors (Lipinski definition) is 2. The number of aliphatic hydroxyl groups is 1. The summed E-state index contributed by atoms with van der Waals surface area (Å²) in [7, 11) is 2.02. The Morgan fingerprint density at radius 3 is 2.58 bits per heavy atom. The van der Waals surface area contributed by atoms with E-state index in [9.17, 15) is 5.11 Å². The summed E-state index contributed by atoms with van der Waals surface area (Å²) in [5.74, 6) is 1.63. The maximum atomic E-state index is 9.83. The van der Waals surface area contributed by atoms with Gasteiger partial charge in [0.2, 0.25) is 0 Å². The number of likely N-dealkylation sites (N-methyl/N-ethyl adjacent to an activating group) is 1. The summed E-state index contributed by atoms with van der Waals surface area (Å²) in [6, 6.07) is 0. The van der Waals surface area contributed by atoms with Crippen molar-refractivity contribution in [3.05, 3.63) is 0 Å². The first kappa shape index (κ1) is 15.3. The molecule has 2 fully saturated rings. The number of aliphatic hydroxyl groups excluding tert-OH is 1. The van der Waals surface area contributed by atoms with Gasteiger partial charge in [0.05, 0.1) is 12.1 Å². The smallest absolute Gasteiger partial charge is 0.0628 e. The average molecular weight is 268 g/mol. The Labute approximate surface area is 118 Å². The second kappa shape index (κ2) is 7.05. The first-order chi connectivity index (χ1) is 9.24. The van der Waals surface area contributed by atoms with Crippen molar-refractivity contribution in [3.63, 3.8) is 0 Å². The van der Waals surface area contributed by atoms with Crippen molar-refractivity contribution in [1.29, 1.82) is 0 Å². The van der Waals surface area contributed by atoms with Crippen LogP contribution in [0.2, 0.25) is 0 Å². The Hall–Kier alpha value is -0.120. The molecular weight excluding hydrogens is 236 g/mol. The standard InChI is InChI=1S/C16H32N2O/c1-3-5-14-6-4-10-18(11-9-14)12-16(13-19,17-2)15-7-8-15/h14-15,17,19H,3-13H2,1-2H3.